The molecule has 0 saturated carbocycles. The van der Waals surface area contributed by atoms with Crippen LogP contribution in [0, 0.1) is 0 Å². The number of carboxylic acid groups (broad SMARTS) is 1. The summed E-state index contributed by atoms with van der Waals surface area (Å²) in [5.74, 6) is -1.05. The first-order valence-electron chi connectivity index (χ1n) is 3.30. The summed E-state index contributed by atoms with van der Waals surface area (Å²) < 4.78 is 0. The predicted molar refractivity (Wildman–Crippen MR) is 38.0 cm³/mol. The topological polar surface area (TPSA) is 57.6 Å². The van der Waals surface area contributed by atoms with Gasteiger partial charge in [-0.3, -0.25) is 4.79 Å². The van der Waals surface area contributed by atoms with E-state index in [4.69, 9.17) is 5.11 Å². The van der Waals surface area contributed by atoms with Gasteiger partial charge < -0.3 is 10.0 Å². The van der Waals surface area contributed by atoms with Crippen molar-refractivity contribution in [2.45, 2.75) is 12.5 Å². The molecule has 4 nitrogen and oxygen atoms in total. The number of hydrogen-bond donors (Lipinski definition) is 1. The predicted octanol–water partition coefficient (Wildman–Crippen LogP) is -0.142. The second-order valence-electron chi connectivity index (χ2n) is 2.39. The van der Waals surface area contributed by atoms with E-state index in [2.05, 4.69) is 6.58 Å². The lowest BCUT2D eigenvalue weighted by molar-refractivity contribution is -0.161. The Morgan fingerprint density at radius 2 is 2.55 bits per heavy atom. The van der Waals surface area contributed by atoms with Crippen LogP contribution in [0.4, 0.5) is 0 Å². The van der Waals surface area contributed by atoms with Gasteiger partial charge in [0.15, 0.2) is 0 Å². The van der Waals surface area contributed by atoms with Crippen LogP contribution < -0.4 is 0 Å². The number of carboxylic acids is 1. The van der Waals surface area contributed by atoms with Crippen molar-refractivity contribution in [3.63, 3.8) is 0 Å². The highest BCUT2D eigenvalue weighted by molar-refractivity contribution is 5.94. The number of β-lactam (4-membered cyclic amide) rings is 1. The first-order valence-corrected chi connectivity index (χ1v) is 3.30. The Labute approximate surface area is 64.1 Å². The smallest absolute Gasteiger partial charge is 0.326 e. The van der Waals surface area contributed by atoms with E-state index in [-0.39, 0.29) is 12.3 Å². The van der Waals surface area contributed by atoms with Crippen LogP contribution in [-0.2, 0) is 9.59 Å². The van der Waals surface area contributed by atoms with Crippen molar-refractivity contribution in [3.05, 3.63) is 12.7 Å². The molecule has 1 heterocycles. The maximum Gasteiger partial charge on any atom is 0.326 e. The minimum atomic E-state index is -0.938. The van der Waals surface area contributed by atoms with Crippen molar-refractivity contribution in [3.8, 4) is 0 Å². The summed E-state index contributed by atoms with van der Waals surface area (Å²) in [5.41, 5.74) is 0. The Morgan fingerprint density at radius 1 is 1.91 bits per heavy atom. The number of aliphatic carboxylic acids is 1. The summed E-state index contributed by atoms with van der Waals surface area (Å²) in [6.07, 6.45) is 1.65. The number of carbonyl (C=O) groups is 2. The van der Waals surface area contributed by atoms with Crippen LogP contribution in [0.1, 0.15) is 6.42 Å². The molecule has 0 bridgehead atoms. The van der Waals surface area contributed by atoms with Crippen LogP contribution in [-0.4, -0.2) is 34.5 Å². The number of nitrogens with zero attached hydrogens (tertiary/aromatic N) is 1. The molecule has 0 unspecified atom stereocenters. The average Bonchev–Trinajstić information content (AvgIpc) is 1.95. The summed E-state index contributed by atoms with van der Waals surface area (Å²) in [4.78, 5) is 22.4. The third kappa shape index (κ3) is 1.24. The molecular weight excluding hydrogens is 146 g/mol. The number of carbonyl (C=O) groups excluding carboxylic acids is 1. The Bertz CT molecular complexity index is 212. The molecule has 0 aromatic heterocycles. The molecule has 1 saturated heterocycles. The molecule has 0 aromatic rings. The summed E-state index contributed by atoms with van der Waals surface area (Å²) >= 11 is 0. The summed E-state index contributed by atoms with van der Waals surface area (Å²) in [6, 6.07) is -0.625. The highest BCUT2D eigenvalue weighted by Crippen LogP contribution is 2.18. The van der Waals surface area contributed by atoms with Gasteiger partial charge in [-0.05, 0) is 0 Å². The molecular formula is C7H9NO3. The van der Waals surface area contributed by atoms with Gasteiger partial charge >= 0.3 is 5.97 Å². The van der Waals surface area contributed by atoms with Gasteiger partial charge in [-0.15, -0.1) is 6.58 Å². The number of likely N-dealkylation sites (tertiary alicyclic amines) is 1. The fraction of sp³-hybridized carbons (Fsp3) is 0.429. The minimum absolute atomic E-state index is 0.114. The van der Waals surface area contributed by atoms with Gasteiger partial charge in [-0.2, -0.15) is 0 Å². The van der Waals surface area contributed by atoms with Crippen LogP contribution in [0.3, 0.4) is 0 Å². The molecule has 11 heavy (non-hydrogen) atoms. The van der Waals surface area contributed by atoms with E-state index >= 15 is 0 Å². The van der Waals surface area contributed by atoms with Crippen molar-refractivity contribution in [2.75, 3.05) is 6.54 Å². The Hall–Kier alpha value is -1.32. The fourth-order valence-corrected chi connectivity index (χ4v) is 1.04. The molecule has 60 valence electrons. The number of amides is 1. The molecule has 1 atom stereocenters. The van der Waals surface area contributed by atoms with Gasteiger partial charge in [0.1, 0.15) is 6.04 Å². The Morgan fingerprint density at radius 3 is 2.91 bits per heavy atom. The molecule has 0 aromatic carbocycles. The van der Waals surface area contributed by atoms with E-state index in [1.165, 1.54) is 11.0 Å². The Kier molecular flexibility index (Phi) is 1.94. The highest BCUT2D eigenvalue weighted by Gasteiger charge is 2.40. The quantitative estimate of drug-likeness (QED) is 0.455. The molecule has 1 fully saturated rings. The number of hydrogen-bond acceptors (Lipinski definition) is 2. The molecule has 1 aliphatic rings. The lowest BCUT2D eigenvalue weighted by Crippen LogP contribution is -2.56. The van der Waals surface area contributed by atoms with E-state index in [1.807, 2.05) is 0 Å². The maximum absolute atomic E-state index is 10.8. The minimum Gasteiger partial charge on any atom is -0.480 e. The molecule has 1 rings (SSSR count). The van der Waals surface area contributed by atoms with E-state index in [0.29, 0.717) is 6.54 Å². The third-order valence-electron chi connectivity index (χ3n) is 1.68. The highest BCUT2D eigenvalue weighted by atomic mass is 16.4. The van der Waals surface area contributed by atoms with Crippen LogP contribution in [0.5, 0.6) is 0 Å². The average molecular weight is 155 g/mol. The van der Waals surface area contributed by atoms with Gasteiger partial charge in [0.25, 0.3) is 0 Å². The van der Waals surface area contributed by atoms with Gasteiger partial charge in [0.05, 0.1) is 6.42 Å². The van der Waals surface area contributed by atoms with E-state index in [9.17, 15) is 9.59 Å². The monoisotopic (exact) mass is 155 g/mol. The second-order valence-corrected chi connectivity index (χ2v) is 2.39. The first-order chi connectivity index (χ1) is 5.16. The zero-order chi connectivity index (χ0) is 8.43. The molecule has 0 aliphatic carbocycles. The zero-order valence-electron chi connectivity index (χ0n) is 5.99. The van der Waals surface area contributed by atoms with E-state index in [0.717, 1.165) is 0 Å². The number of rotatable bonds is 3. The van der Waals surface area contributed by atoms with Crippen molar-refractivity contribution in [1.82, 2.24) is 4.90 Å². The second kappa shape index (κ2) is 2.74. The molecule has 1 aliphatic heterocycles. The molecule has 1 N–H and O–H groups in total. The normalized spacial score (nSPS) is 22.7. The molecule has 0 radical (unpaired) electrons. The SMILES string of the molecule is C=CCN1C(=O)C[C@@H]1C(=O)O. The van der Waals surface area contributed by atoms with E-state index < -0.39 is 12.0 Å². The molecule has 1 amide bonds. The standard InChI is InChI=1S/C7H9NO3/c1-2-3-8-5(7(10)11)4-6(8)9/h2,5H,1,3-4H2,(H,10,11)/t5-/m1/s1. The van der Waals surface area contributed by atoms with Gasteiger partial charge in [-0.25, -0.2) is 4.79 Å². The lowest BCUT2D eigenvalue weighted by Gasteiger charge is -2.36. The van der Waals surface area contributed by atoms with Crippen LogP contribution in [0.2, 0.25) is 0 Å². The first kappa shape index (κ1) is 7.78. The Balaban J connectivity index is 2.54. The van der Waals surface area contributed by atoms with Crippen molar-refractivity contribution in [1.29, 1.82) is 0 Å². The van der Waals surface area contributed by atoms with Crippen LogP contribution in [0.25, 0.3) is 0 Å². The van der Waals surface area contributed by atoms with Gasteiger partial charge in [0.2, 0.25) is 5.91 Å². The van der Waals surface area contributed by atoms with E-state index in [1.54, 1.807) is 0 Å². The van der Waals surface area contributed by atoms with Crippen molar-refractivity contribution < 1.29 is 14.7 Å². The van der Waals surface area contributed by atoms with Gasteiger partial charge in [-0.1, -0.05) is 6.08 Å². The van der Waals surface area contributed by atoms with Crippen molar-refractivity contribution >= 4 is 11.9 Å². The largest absolute Gasteiger partial charge is 0.480 e. The van der Waals surface area contributed by atoms with Crippen LogP contribution >= 0.6 is 0 Å². The zero-order valence-corrected chi connectivity index (χ0v) is 5.99. The molecule has 0 spiro atoms. The van der Waals surface area contributed by atoms with Gasteiger partial charge in [0, 0.05) is 6.54 Å². The van der Waals surface area contributed by atoms with Crippen molar-refractivity contribution in [2.24, 2.45) is 0 Å². The lowest BCUT2D eigenvalue weighted by atomic mass is 10.0. The van der Waals surface area contributed by atoms with Crippen LogP contribution in [0.15, 0.2) is 12.7 Å². The summed E-state index contributed by atoms with van der Waals surface area (Å²) in [7, 11) is 0. The fourth-order valence-electron chi connectivity index (χ4n) is 1.04. The summed E-state index contributed by atoms with van der Waals surface area (Å²) in [6.45, 7) is 3.75. The molecule has 4 heteroatoms. The summed E-state index contributed by atoms with van der Waals surface area (Å²) in [5, 5.41) is 8.52. The maximum atomic E-state index is 10.8. The third-order valence-corrected chi connectivity index (χ3v) is 1.68.